The third-order valence-electron chi connectivity index (χ3n) is 10.6. The Kier molecular flexibility index (Phi) is 7.39. The molecule has 3 heterocycles. The van der Waals surface area contributed by atoms with Crippen LogP contribution in [0, 0.1) is 0 Å². The molecule has 11 rings (SSSR count). The molecule has 4 nitrogen and oxygen atoms in total. The summed E-state index contributed by atoms with van der Waals surface area (Å²) in [5, 5.41) is 4.78. The van der Waals surface area contributed by atoms with Crippen molar-refractivity contribution >= 4 is 61.4 Å². The van der Waals surface area contributed by atoms with E-state index in [1.54, 1.807) is 0 Å². The molecule has 0 saturated carbocycles. The second kappa shape index (κ2) is 12.9. The maximum absolute atomic E-state index is 5.31. The van der Waals surface area contributed by atoms with Gasteiger partial charge in [-0.2, -0.15) is 0 Å². The van der Waals surface area contributed by atoms with Crippen LogP contribution in [0.5, 0.6) is 0 Å². The maximum Gasteiger partial charge on any atom is 0.235 e. The molecule has 8 aromatic carbocycles. The van der Waals surface area contributed by atoms with Gasteiger partial charge in [-0.25, -0.2) is 9.97 Å². The summed E-state index contributed by atoms with van der Waals surface area (Å²) in [7, 11) is 0. The molecule has 258 valence electrons. The van der Waals surface area contributed by atoms with Crippen molar-refractivity contribution in [2.75, 3.05) is 4.90 Å². The van der Waals surface area contributed by atoms with Gasteiger partial charge in [0.05, 0.1) is 33.8 Å². The highest BCUT2D eigenvalue weighted by Crippen LogP contribution is 2.53. The van der Waals surface area contributed by atoms with Gasteiger partial charge in [-0.1, -0.05) is 151 Å². The molecule has 55 heavy (non-hydrogen) atoms. The Morgan fingerprint density at radius 3 is 1.82 bits per heavy atom. The first kappa shape index (κ1) is 31.6. The van der Waals surface area contributed by atoms with Gasteiger partial charge in [-0.05, 0) is 76.5 Å². The zero-order chi connectivity index (χ0) is 36.3. The summed E-state index contributed by atoms with van der Waals surface area (Å²) in [5.74, 6) is 0.642. The first-order valence-electron chi connectivity index (χ1n) is 18.5. The summed E-state index contributed by atoms with van der Waals surface area (Å²) in [6.45, 7) is 0. The molecule has 10 aromatic rings. The number of hydrogen-bond donors (Lipinski definition) is 0. The van der Waals surface area contributed by atoms with Gasteiger partial charge in [0.2, 0.25) is 5.95 Å². The van der Waals surface area contributed by atoms with E-state index in [0.29, 0.717) is 5.95 Å². The number of aromatic nitrogens is 3. The molecule has 0 spiro atoms. The lowest BCUT2D eigenvalue weighted by molar-refractivity contribution is 0.996. The summed E-state index contributed by atoms with van der Waals surface area (Å²) < 4.78 is 2.26. The fourth-order valence-electron chi connectivity index (χ4n) is 8.11. The topological polar surface area (TPSA) is 34.0 Å². The highest BCUT2D eigenvalue weighted by atomic mass is 32.2. The van der Waals surface area contributed by atoms with E-state index in [-0.39, 0.29) is 0 Å². The van der Waals surface area contributed by atoms with Gasteiger partial charge in [0.1, 0.15) is 0 Å². The van der Waals surface area contributed by atoms with E-state index in [4.69, 9.17) is 9.97 Å². The van der Waals surface area contributed by atoms with Gasteiger partial charge < -0.3 is 4.90 Å². The first-order chi connectivity index (χ1) is 27.3. The zero-order valence-corrected chi connectivity index (χ0v) is 30.5. The van der Waals surface area contributed by atoms with Crippen molar-refractivity contribution in [1.82, 2.24) is 14.5 Å². The standard InChI is InChI=1S/C50H32N4S/c1-4-16-34(17-5-1)40-32-41(35-18-6-2-7-19-35)52-50(51-40)54-44-25-14-23-39(49(44)48-38-22-11-10-15-33(38)27-30-45(48)54)36-28-29-43-47(31-36)55-46-26-13-12-24-42(46)53(43)37-20-8-3-9-21-37/h1-32H. The van der Waals surface area contributed by atoms with Crippen molar-refractivity contribution in [3.63, 3.8) is 0 Å². The number of nitrogens with zero attached hydrogens (tertiary/aromatic N) is 4. The minimum Gasteiger partial charge on any atom is -0.308 e. The summed E-state index contributed by atoms with van der Waals surface area (Å²) in [6.07, 6.45) is 0. The van der Waals surface area contributed by atoms with Crippen LogP contribution in [0.3, 0.4) is 0 Å². The van der Waals surface area contributed by atoms with Crippen molar-refractivity contribution in [3.05, 3.63) is 194 Å². The number of hydrogen-bond acceptors (Lipinski definition) is 4. The quantitative estimate of drug-likeness (QED) is 0.177. The average Bonchev–Trinajstić information content (AvgIpc) is 3.61. The molecule has 0 unspecified atom stereocenters. The van der Waals surface area contributed by atoms with Crippen LogP contribution in [-0.2, 0) is 0 Å². The first-order valence-corrected chi connectivity index (χ1v) is 19.3. The monoisotopic (exact) mass is 720 g/mol. The SMILES string of the molecule is c1ccc(-c2cc(-c3ccccc3)nc(-n3c4cccc(-c5ccc6c(c5)Sc5ccccc5N6c5ccccc5)c4c4c5ccccc5ccc43)n2)cc1. The predicted molar refractivity (Wildman–Crippen MR) is 229 cm³/mol. The largest absolute Gasteiger partial charge is 0.308 e. The fraction of sp³-hybridized carbons (Fsp3) is 0. The Morgan fingerprint density at radius 2 is 1.05 bits per heavy atom. The lowest BCUT2D eigenvalue weighted by Crippen LogP contribution is -2.14. The van der Waals surface area contributed by atoms with Gasteiger partial charge in [0.15, 0.2) is 0 Å². The molecule has 1 aliphatic rings. The molecule has 0 bridgehead atoms. The van der Waals surface area contributed by atoms with Crippen LogP contribution in [0.25, 0.3) is 72.2 Å². The Hall–Kier alpha value is -6.95. The van der Waals surface area contributed by atoms with Crippen LogP contribution in [0.15, 0.2) is 204 Å². The molecule has 0 radical (unpaired) electrons. The number of fused-ring (bicyclic) bond motifs is 7. The van der Waals surface area contributed by atoms with Gasteiger partial charge in [-0.15, -0.1) is 0 Å². The lowest BCUT2D eigenvalue weighted by Gasteiger charge is -2.33. The van der Waals surface area contributed by atoms with E-state index in [9.17, 15) is 0 Å². The van der Waals surface area contributed by atoms with Gasteiger partial charge in [0.25, 0.3) is 0 Å². The molecule has 0 saturated heterocycles. The van der Waals surface area contributed by atoms with Gasteiger partial charge in [0, 0.05) is 37.4 Å². The highest BCUT2D eigenvalue weighted by molar-refractivity contribution is 7.99. The molecule has 1 aliphatic heterocycles. The Bertz CT molecular complexity index is 3010. The molecule has 0 amide bonds. The minimum atomic E-state index is 0.642. The van der Waals surface area contributed by atoms with Crippen LogP contribution >= 0.6 is 11.8 Å². The highest BCUT2D eigenvalue weighted by Gasteiger charge is 2.26. The third-order valence-corrected chi connectivity index (χ3v) is 11.7. The van der Waals surface area contributed by atoms with E-state index in [2.05, 4.69) is 191 Å². The molecule has 0 atom stereocenters. The van der Waals surface area contributed by atoms with Crippen LogP contribution in [-0.4, -0.2) is 14.5 Å². The minimum absolute atomic E-state index is 0.642. The van der Waals surface area contributed by atoms with Crippen LogP contribution in [0.2, 0.25) is 0 Å². The van der Waals surface area contributed by atoms with E-state index < -0.39 is 0 Å². The van der Waals surface area contributed by atoms with E-state index in [1.807, 2.05) is 23.9 Å². The number of anilines is 3. The molecule has 0 fully saturated rings. The van der Waals surface area contributed by atoms with Crippen molar-refractivity contribution in [2.45, 2.75) is 9.79 Å². The number of rotatable bonds is 5. The zero-order valence-electron chi connectivity index (χ0n) is 29.7. The summed E-state index contributed by atoms with van der Waals surface area (Å²) in [6, 6.07) is 69.0. The molecule has 0 N–H and O–H groups in total. The van der Waals surface area contributed by atoms with Crippen molar-refractivity contribution in [2.24, 2.45) is 0 Å². The second-order valence-electron chi connectivity index (χ2n) is 13.8. The molecule has 5 heteroatoms. The maximum atomic E-state index is 5.31. The van der Waals surface area contributed by atoms with Crippen LogP contribution in [0.1, 0.15) is 0 Å². The Morgan fingerprint density at radius 1 is 0.418 bits per heavy atom. The van der Waals surface area contributed by atoms with Crippen molar-refractivity contribution in [1.29, 1.82) is 0 Å². The van der Waals surface area contributed by atoms with Crippen molar-refractivity contribution in [3.8, 4) is 39.6 Å². The van der Waals surface area contributed by atoms with Crippen LogP contribution < -0.4 is 4.90 Å². The summed E-state index contributed by atoms with van der Waals surface area (Å²) >= 11 is 1.84. The molecule has 2 aromatic heterocycles. The van der Waals surface area contributed by atoms with E-state index >= 15 is 0 Å². The average molecular weight is 721 g/mol. The normalized spacial score (nSPS) is 12.3. The molecule has 0 aliphatic carbocycles. The predicted octanol–water partition coefficient (Wildman–Crippen LogP) is 13.7. The molecular weight excluding hydrogens is 689 g/mol. The second-order valence-corrected chi connectivity index (χ2v) is 14.9. The van der Waals surface area contributed by atoms with Crippen LogP contribution in [0.4, 0.5) is 17.1 Å². The molecular formula is C50H32N4S. The van der Waals surface area contributed by atoms with Crippen molar-refractivity contribution < 1.29 is 0 Å². The summed E-state index contributed by atoms with van der Waals surface area (Å²) in [5.41, 5.74) is 11.9. The van der Waals surface area contributed by atoms with Gasteiger partial charge in [-0.3, -0.25) is 4.57 Å². The Balaban J connectivity index is 1.18. The number of benzene rings is 8. The number of para-hydroxylation sites is 2. The smallest absolute Gasteiger partial charge is 0.235 e. The Labute approximate surface area is 323 Å². The van der Waals surface area contributed by atoms with Gasteiger partial charge >= 0.3 is 0 Å². The lowest BCUT2D eigenvalue weighted by atomic mass is 9.96. The fourth-order valence-corrected chi connectivity index (χ4v) is 9.21. The third kappa shape index (κ3) is 5.24. The van der Waals surface area contributed by atoms with E-state index in [0.717, 1.165) is 39.2 Å². The summed E-state index contributed by atoms with van der Waals surface area (Å²) in [4.78, 5) is 15.5. The van der Waals surface area contributed by atoms with E-state index in [1.165, 1.54) is 53.8 Å².